The van der Waals surface area contributed by atoms with Crippen LogP contribution < -0.4 is 16.2 Å². The molecule has 0 spiro atoms. The molecule has 2 aromatic rings. The van der Waals surface area contributed by atoms with Crippen molar-refractivity contribution in [2.24, 2.45) is 0 Å². The Morgan fingerprint density at radius 1 is 1.39 bits per heavy atom. The largest absolute Gasteiger partial charge is 0.301 e. The quantitative estimate of drug-likeness (QED) is 0.801. The number of anilines is 1. The summed E-state index contributed by atoms with van der Waals surface area (Å²) in [4.78, 5) is 28.6. The number of rotatable bonds is 3. The Labute approximate surface area is 136 Å². The predicted octanol–water partition coefficient (Wildman–Crippen LogP) is 1.98. The van der Waals surface area contributed by atoms with Crippen LogP contribution in [0.25, 0.3) is 11.3 Å². The third kappa shape index (κ3) is 3.54. The van der Waals surface area contributed by atoms with Gasteiger partial charge >= 0.3 is 0 Å². The van der Waals surface area contributed by atoms with Gasteiger partial charge in [-0.3, -0.25) is 15.0 Å². The topological polar surface area (TPSA) is 83.1 Å². The van der Waals surface area contributed by atoms with Gasteiger partial charge in [-0.25, -0.2) is 14.8 Å². The van der Waals surface area contributed by atoms with E-state index >= 15 is 0 Å². The van der Waals surface area contributed by atoms with Crippen LogP contribution in [-0.2, 0) is 9.59 Å². The van der Waals surface area contributed by atoms with Gasteiger partial charge in [-0.1, -0.05) is 0 Å². The minimum Gasteiger partial charge on any atom is -0.301 e. The second kappa shape index (κ2) is 6.43. The summed E-state index contributed by atoms with van der Waals surface area (Å²) in [6.45, 7) is 1.89. The normalized spacial score (nSPS) is 17.7. The molecule has 0 saturated carbocycles. The number of carbonyl (C=O) groups is 2. The molecule has 1 unspecified atom stereocenters. The number of carbonyl (C=O) groups excluding carboxylic acids is 2. The van der Waals surface area contributed by atoms with Gasteiger partial charge in [0.05, 0.1) is 5.69 Å². The van der Waals surface area contributed by atoms with Gasteiger partial charge in [0.15, 0.2) is 5.13 Å². The zero-order valence-corrected chi connectivity index (χ0v) is 13.2. The van der Waals surface area contributed by atoms with Gasteiger partial charge < -0.3 is 5.32 Å². The van der Waals surface area contributed by atoms with Crippen molar-refractivity contribution in [1.82, 2.24) is 15.8 Å². The molecule has 1 aliphatic rings. The zero-order chi connectivity index (χ0) is 16.4. The van der Waals surface area contributed by atoms with Gasteiger partial charge in [0, 0.05) is 16.9 Å². The molecule has 1 aliphatic heterocycles. The number of nitrogens with one attached hydrogen (secondary N) is 3. The van der Waals surface area contributed by atoms with Crippen molar-refractivity contribution in [3.63, 3.8) is 0 Å². The number of nitrogens with zero attached hydrogens (tertiary/aromatic N) is 1. The molecule has 120 valence electrons. The Kier molecular flexibility index (Phi) is 4.35. The molecule has 3 N–H and O–H groups in total. The fraction of sp³-hybridized carbons (Fsp3) is 0.267. The second-order valence-corrected chi connectivity index (χ2v) is 6.41. The molecule has 2 amide bonds. The number of benzene rings is 1. The molecule has 8 heteroatoms. The maximum atomic E-state index is 13.0. The molecule has 0 radical (unpaired) electrons. The third-order valence-electron chi connectivity index (χ3n) is 3.51. The van der Waals surface area contributed by atoms with Gasteiger partial charge in [0.1, 0.15) is 11.9 Å². The Balaban J connectivity index is 1.72. The summed E-state index contributed by atoms with van der Waals surface area (Å²) in [7, 11) is 0. The fourth-order valence-corrected chi connectivity index (χ4v) is 3.13. The van der Waals surface area contributed by atoms with E-state index in [-0.39, 0.29) is 17.6 Å². The number of amides is 2. The van der Waals surface area contributed by atoms with Crippen LogP contribution >= 0.6 is 11.3 Å². The van der Waals surface area contributed by atoms with E-state index < -0.39 is 6.04 Å². The number of hydrazine groups is 1. The Bertz CT molecular complexity index is 734. The second-order valence-electron chi connectivity index (χ2n) is 5.20. The van der Waals surface area contributed by atoms with E-state index in [4.69, 9.17) is 0 Å². The minimum absolute atomic E-state index is 0.127. The van der Waals surface area contributed by atoms with E-state index in [1.807, 2.05) is 6.92 Å². The van der Waals surface area contributed by atoms with Crippen LogP contribution in [0.4, 0.5) is 9.52 Å². The van der Waals surface area contributed by atoms with Gasteiger partial charge in [0.25, 0.3) is 0 Å². The Morgan fingerprint density at radius 3 is 2.78 bits per heavy atom. The lowest BCUT2D eigenvalue weighted by molar-refractivity contribution is -0.126. The Hall–Kier alpha value is -2.32. The number of hydrogen-bond donors (Lipinski definition) is 3. The molecule has 23 heavy (non-hydrogen) atoms. The highest BCUT2D eigenvalue weighted by Crippen LogP contribution is 2.30. The summed E-state index contributed by atoms with van der Waals surface area (Å²) in [5.41, 5.74) is 6.63. The number of thiazole rings is 1. The molecule has 1 atom stereocenters. The summed E-state index contributed by atoms with van der Waals surface area (Å²) in [5, 5.41) is 3.23. The highest BCUT2D eigenvalue weighted by Gasteiger charge is 2.25. The molecule has 3 rings (SSSR count). The maximum absolute atomic E-state index is 13.0. The average molecular weight is 334 g/mol. The van der Waals surface area contributed by atoms with Crippen LogP contribution in [-0.4, -0.2) is 22.8 Å². The van der Waals surface area contributed by atoms with Crippen LogP contribution in [0.15, 0.2) is 24.3 Å². The molecule has 6 nitrogen and oxygen atoms in total. The summed E-state index contributed by atoms with van der Waals surface area (Å²) >= 11 is 1.35. The van der Waals surface area contributed by atoms with Crippen LogP contribution in [0.5, 0.6) is 0 Å². The van der Waals surface area contributed by atoms with E-state index in [9.17, 15) is 14.0 Å². The first-order valence-corrected chi connectivity index (χ1v) is 7.93. The van der Waals surface area contributed by atoms with E-state index in [1.54, 1.807) is 12.1 Å². The van der Waals surface area contributed by atoms with Gasteiger partial charge in [0.2, 0.25) is 11.8 Å². The van der Waals surface area contributed by atoms with E-state index in [2.05, 4.69) is 21.2 Å². The molecule has 1 fully saturated rings. The Morgan fingerprint density at radius 2 is 2.13 bits per heavy atom. The molecule has 1 aromatic carbocycles. The first-order valence-electron chi connectivity index (χ1n) is 7.11. The van der Waals surface area contributed by atoms with Gasteiger partial charge in [-0.15, -0.1) is 11.3 Å². The third-order valence-corrected chi connectivity index (χ3v) is 4.39. The maximum Gasteiger partial charge on any atom is 0.245 e. The first-order chi connectivity index (χ1) is 11.0. The highest BCUT2D eigenvalue weighted by molar-refractivity contribution is 7.16. The lowest BCUT2D eigenvalue weighted by Gasteiger charge is -2.22. The number of aromatic nitrogens is 1. The summed E-state index contributed by atoms with van der Waals surface area (Å²) in [5.74, 6) is -0.678. The predicted molar refractivity (Wildman–Crippen MR) is 85.2 cm³/mol. The van der Waals surface area contributed by atoms with Crippen molar-refractivity contribution < 1.29 is 14.0 Å². The van der Waals surface area contributed by atoms with Crippen molar-refractivity contribution in [3.05, 3.63) is 35.0 Å². The molecule has 0 bridgehead atoms. The number of hydrogen-bond acceptors (Lipinski definition) is 5. The van der Waals surface area contributed by atoms with Gasteiger partial charge in [-0.05, 0) is 37.6 Å². The SMILES string of the molecule is Cc1sc(NC(=O)C2CCC(=O)NN2)nc1-c1ccc(F)cc1. The fourth-order valence-electron chi connectivity index (χ4n) is 2.29. The standard InChI is InChI=1S/C15H15FN4O2S/c1-8-13(9-2-4-10(16)5-3-9)17-15(23-8)18-14(22)11-6-7-12(21)20-19-11/h2-5,11,19H,6-7H2,1H3,(H,20,21)(H,17,18,22). The lowest BCUT2D eigenvalue weighted by atomic mass is 10.1. The first kappa shape index (κ1) is 15.6. The summed E-state index contributed by atoms with van der Waals surface area (Å²) in [6.07, 6.45) is 0.746. The van der Waals surface area contributed by atoms with Gasteiger partial charge in [-0.2, -0.15) is 0 Å². The molecular weight excluding hydrogens is 319 g/mol. The zero-order valence-electron chi connectivity index (χ0n) is 12.4. The van der Waals surface area contributed by atoms with Crippen LogP contribution in [0.2, 0.25) is 0 Å². The van der Waals surface area contributed by atoms with Crippen molar-refractivity contribution in [3.8, 4) is 11.3 Å². The monoisotopic (exact) mass is 334 g/mol. The highest BCUT2D eigenvalue weighted by atomic mass is 32.1. The molecule has 2 heterocycles. The van der Waals surface area contributed by atoms with Crippen molar-refractivity contribution in [2.45, 2.75) is 25.8 Å². The lowest BCUT2D eigenvalue weighted by Crippen LogP contribution is -2.54. The molecule has 1 saturated heterocycles. The van der Waals surface area contributed by atoms with Crippen molar-refractivity contribution in [1.29, 1.82) is 0 Å². The summed E-state index contributed by atoms with van der Waals surface area (Å²) < 4.78 is 13.0. The molecule has 0 aliphatic carbocycles. The molecule has 1 aromatic heterocycles. The van der Waals surface area contributed by atoms with E-state index in [1.165, 1.54) is 23.5 Å². The van der Waals surface area contributed by atoms with Crippen LogP contribution in [0.1, 0.15) is 17.7 Å². The van der Waals surface area contributed by atoms with E-state index in [0.29, 0.717) is 18.0 Å². The number of halogens is 1. The summed E-state index contributed by atoms with van der Waals surface area (Å²) in [6, 6.07) is 5.58. The molecular formula is C15H15FN4O2S. The smallest absolute Gasteiger partial charge is 0.245 e. The average Bonchev–Trinajstić information content (AvgIpc) is 2.89. The number of aryl methyl sites for hydroxylation is 1. The van der Waals surface area contributed by atoms with E-state index in [0.717, 1.165) is 16.1 Å². The van der Waals surface area contributed by atoms with Crippen LogP contribution in [0, 0.1) is 12.7 Å². The minimum atomic E-state index is -0.480. The van der Waals surface area contributed by atoms with Crippen molar-refractivity contribution >= 4 is 28.3 Å². The van der Waals surface area contributed by atoms with Crippen molar-refractivity contribution in [2.75, 3.05) is 5.32 Å². The van der Waals surface area contributed by atoms with Crippen LogP contribution in [0.3, 0.4) is 0 Å².